The molecule has 4 heterocycles. The Morgan fingerprint density at radius 1 is 1.27 bits per heavy atom. The number of fused-ring (bicyclic) bond motifs is 1. The molecule has 5 rings (SSSR count). The summed E-state index contributed by atoms with van der Waals surface area (Å²) in [5.74, 6) is 6.02. The van der Waals surface area contributed by atoms with E-state index in [2.05, 4.69) is 39.4 Å². The van der Waals surface area contributed by atoms with Crippen molar-refractivity contribution in [2.45, 2.75) is 48.3 Å². The average molecular weight is 576 g/mol. The van der Waals surface area contributed by atoms with Gasteiger partial charge in [-0.25, -0.2) is 13.4 Å². The van der Waals surface area contributed by atoms with Gasteiger partial charge in [-0.2, -0.15) is 13.2 Å². The van der Waals surface area contributed by atoms with E-state index in [4.69, 9.17) is 4.74 Å². The van der Waals surface area contributed by atoms with E-state index in [9.17, 15) is 21.6 Å². The van der Waals surface area contributed by atoms with Gasteiger partial charge in [-0.15, -0.1) is 0 Å². The fraction of sp³-hybridized carbons (Fsp3) is 0.464. The third-order valence-electron chi connectivity index (χ3n) is 7.63. The quantitative estimate of drug-likeness (QED) is 0.433. The molecule has 3 aromatic rings. The summed E-state index contributed by atoms with van der Waals surface area (Å²) in [6.07, 6.45) is 0.0718. The lowest BCUT2D eigenvalue weighted by molar-refractivity contribution is -0.128. The fourth-order valence-corrected chi connectivity index (χ4v) is 6.39. The van der Waals surface area contributed by atoms with Crippen molar-refractivity contribution >= 4 is 21.2 Å². The predicted molar refractivity (Wildman–Crippen MR) is 146 cm³/mol. The lowest BCUT2D eigenvalue weighted by atomic mass is 9.97. The molecular formula is C28H32F3N5O3S. The number of alkyl halides is 3. The lowest BCUT2D eigenvalue weighted by Crippen LogP contribution is -2.42. The van der Waals surface area contributed by atoms with Crippen LogP contribution >= 0.6 is 0 Å². The molecule has 2 fully saturated rings. The highest BCUT2D eigenvalue weighted by molar-refractivity contribution is 7.90. The molecule has 0 amide bonds. The van der Waals surface area contributed by atoms with E-state index in [1.165, 1.54) is 23.6 Å². The molecule has 2 aliphatic heterocycles. The van der Waals surface area contributed by atoms with Crippen LogP contribution in [0.25, 0.3) is 5.65 Å². The first-order valence-corrected chi connectivity index (χ1v) is 14.9. The Morgan fingerprint density at radius 3 is 2.75 bits per heavy atom. The molecule has 214 valence electrons. The molecule has 0 unspecified atom stereocenters. The van der Waals surface area contributed by atoms with Gasteiger partial charge < -0.3 is 24.7 Å². The number of aromatic nitrogens is 2. The van der Waals surface area contributed by atoms with Gasteiger partial charge in [0.25, 0.3) is 0 Å². The van der Waals surface area contributed by atoms with Crippen LogP contribution < -0.4 is 15.4 Å². The van der Waals surface area contributed by atoms with Crippen LogP contribution in [-0.4, -0.2) is 74.5 Å². The molecular weight excluding hydrogens is 543 g/mol. The van der Waals surface area contributed by atoms with Crippen molar-refractivity contribution in [3.8, 4) is 17.6 Å². The predicted octanol–water partition coefficient (Wildman–Crippen LogP) is 3.81. The number of methoxy groups -OCH3 is 1. The molecule has 40 heavy (non-hydrogen) atoms. The van der Waals surface area contributed by atoms with Gasteiger partial charge in [0.1, 0.15) is 17.1 Å². The van der Waals surface area contributed by atoms with E-state index in [1.807, 2.05) is 6.07 Å². The monoisotopic (exact) mass is 575 g/mol. The number of likely N-dealkylation sites (tertiary alicyclic amines) is 1. The Bertz CT molecular complexity index is 1590. The highest BCUT2D eigenvalue weighted by Gasteiger charge is 2.43. The van der Waals surface area contributed by atoms with Crippen LogP contribution in [-0.2, 0) is 16.3 Å². The minimum Gasteiger partial charge on any atom is -0.495 e. The van der Waals surface area contributed by atoms with Gasteiger partial charge in [0.05, 0.1) is 36.4 Å². The van der Waals surface area contributed by atoms with Gasteiger partial charge in [0.15, 0.2) is 9.84 Å². The van der Waals surface area contributed by atoms with Crippen LogP contribution in [0.1, 0.15) is 42.3 Å². The highest BCUT2D eigenvalue weighted by Crippen LogP contribution is 2.39. The number of rotatable bonds is 6. The third kappa shape index (κ3) is 5.92. The number of anilines is 1. The molecule has 1 aromatic carbocycles. The van der Waals surface area contributed by atoms with Crippen molar-refractivity contribution in [2.75, 3.05) is 45.4 Å². The largest absolute Gasteiger partial charge is 0.495 e. The van der Waals surface area contributed by atoms with Crippen LogP contribution in [0.3, 0.4) is 0 Å². The number of benzene rings is 1. The summed E-state index contributed by atoms with van der Waals surface area (Å²) >= 11 is 0. The molecule has 8 nitrogen and oxygen atoms in total. The van der Waals surface area contributed by atoms with E-state index in [-0.39, 0.29) is 34.4 Å². The van der Waals surface area contributed by atoms with Crippen LogP contribution in [0.5, 0.6) is 5.75 Å². The fourth-order valence-electron chi connectivity index (χ4n) is 5.75. The van der Waals surface area contributed by atoms with Gasteiger partial charge in [-0.1, -0.05) is 12.0 Å². The maximum Gasteiger partial charge on any atom is 0.394 e. The molecule has 0 radical (unpaired) electrons. The minimum absolute atomic E-state index is 0.000228. The second-order valence-corrected chi connectivity index (χ2v) is 12.7. The summed E-state index contributed by atoms with van der Waals surface area (Å²) in [5.41, 5.74) is 1.98. The average Bonchev–Trinajstić information content (AvgIpc) is 3.57. The van der Waals surface area contributed by atoms with E-state index in [0.29, 0.717) is 17.1 Å². The van der Waals surface area contributed by atoms with E-state index in [0.717, 1.165) is 44.2 Å². The standard InChI is InChI=1S/C28H32F3N5O3S/c1-35-15-12-27(18-35)11-10-21(34-27)20-6-5-14-36-24(17-28(29,30)31)22(33-26(20)36)7-4-13-32-23-9-8-19(40(3,37)38)16-25(23)39-2/h5-6,8-9,14,16,21,32,34H,10-13,15,17-18H2,1-3H3/t21-,27-/m1/s1. The Hall–Kier alpha value is -3.27. The molecule has 0 saturated carbocycles. The molecule has 2 aromatic heterocycles. The van der Waals surface area contributed by atoms with Gasteiger partial charge in [-0.05, 0) is 57.0 Å². The number of nitrogens with one attached hydrogen (secondary N) is 2. The van der Waals surface area contributed by atoms with Crippen LogP contribution in [0.15, 0.2) is 41.4 Å². The van der Waals surface area contributed by atoms with Gasteiger partial charge in [0, 0.05) is 42.2 Å². The molecule has 1 spiro atoms. The van der Waals surface area contributed by atoms with Crippen molar-refractivity contribution in [1.29, 1.82) is 0 Å². The lowest BCUT2D eigenvalue weighted by Gasteiger charge is -2.25. The summed E-state index contributed by atoms with van der Waals surface area (Å²) in [6.45, 7) is 2.05. The number of sulfone groups is 1. The number of hydrogen-bond donors (Lipinski definition) is 2. The maximum atomic E-state index is 13.6. The first-order chi connectivity index (χ1) is 18.9. The third-order valence-corrected chi connectivity index (χ3v) is 8.74. The Morgan fingerprint density at radius 2 is 2.08 bits per heavy atom. The summed E-state index contributed by atoms with van der Waals surface area (Å²) in [4.78, 5) is 7.02. The molecule has 2 N–H and O–H groups in total. The van der Waals surface area contributed by atoms with Crippen molar-refractivity contribution in [3.05, 3.63) is 53.5 Å². The second kappa shape index (κ2) is 10.6. The molecule has 2 atom stereocenters. The number of likely N-dealkylation sites (N-methyl/N-ethyl adjacent to an activating group) is 1. The first-order valence-electron chi connectivity index (χ1n) is 13.0. The number of pyridine rings is 1. The van der Waals surface area contributed by atoms with E-state index >= 15 is 0 Å². The molecule has 12 heteroatoms. The SMILES string of the molecule is COc1cc(S(C)(=O)=O)ccc1NCC#Cc1nc2c([C@H]3CC[C@]4(CCN(C)C4)N3)cccn2c1CC(F)(F)F. The van der Waals surface area contributed by atoms with Crippen molar-refractivity contribution in [2.24, 2.45) is 0 Å². The van der Waals surface area contributed by atoms with E-state index < -0.39 is 22.4 Å². The zero-order valence-corrected chi connectivity index (χ0v) is 23.4. The zero-order chi connectivity index (χ0) is 28.7. The van der Waals surface area contributed by atoms with Crippen LogP contribution in [0.4, 0.5) is 18.9 Å². The number of halogens is 3. The number of imidazole rings is 1. The minimum atomic E-state index is -4.43. The van der Waals surface area contributed by atoms with Gasteiger partial charge >= 0.3 is 6.18 Å². The van der Waals surface area contributed by atoms with Crippen molar-refractivity contribution in [1.82, 2.24) is 19.6 Å². The first kappa shape index (κ1) is 28.3. The number of nitrogens with zero attached hydrogens (tertiary/aromatic N) is 3. The smallest absolute Gasteiger partial charge is 0.394 e. The summed E-state index contributed by atoms with van der Waals surface area (Å²) in [7, 11) is 0.109. The molecule has 2 aliphatic rings. The Balaban J connectivity index is 1.42. The van der Waals surface area contributed by atoms with Crippen molar-refractivity contribution in [3.63, 3.8) is 0 Å². The summed E-state index contributed by atoms with van der Waals surface area (Å²) in [5, 5.41) is 6.80. The maximum absolute atomic E-state index is 13.6. The second-order valence-electron chi connectivity index (χ2n) is 10.6. The topological polar surface area (TPSA) is 88.0 Å². The van der Waals surface area contributed by atoms with Gasteiger partial charge in [-0.3, -0.25) is 0 Å². The number of ether oxygens (including phenoxy) is 1. The normalized spacial score (nSPS) is 21.6. The Kier molecular flexibility index (Phi) is 7.50. The van der Waals surface area contributed by atoms with Crippen molar-refractivity contribution < 1.29 is 26.3 Å². The summed E-state index contributed by atoms with van der Waals surface area (Å²) < 4.78 is 71.3. The van der Waals surface area contributed by atoms with Crippen LogP contribution in [0, 0.1) is 11.8 Å². The molecule has 0 bridgehead atoms. The highest BCUT2D eigenvalue weighted by atomic mass is 32.2. The number of hydrogen-bond acceptors (Lipinski definition) is 7. The van der Waals surface area contributed by atoms with Gasteiger partial charge in [0.2, 0.25) is 0 Å². The van der Waals surface area contributed by atoms with Crippen LogP contribution in [0.2, 0.25) is 0 Å². The molecule has 0 aliphatic carbocycles. The van der Waals surface area contributed by atoms with E-state index in [1.54, 1.807) is 18.3 Å². The Labute approximate surface area is 231 Å². The summed E-state index contributed by atoms with van der Waals surface area (Å²) in [6, 6.07) is 8.11. The molecule has 2 saturated heterocycles. The zero-order valence-electron chi connectivity index (χ0n) is 22.6.